The molecule has 0 atom stereocenters. The molecule has 2 aromatic rings. The van der Waals surface area contributed by atoms with E-state index in [2.05, 4.69) is 11.9 Å². The van der Waals surface area contributed by atoms with Crippen molar-refractivity contribution in [3.05, 3.63) is 60.6 Å². The predicted octanol–water partition coefficient (Wildman–Crippen LogP) is 3.84. The smallest absolute Gasteiger partial charge is 0.291 e. The number of hydrogen-bond donors (Lipinski definition) is 1. The maximum Gasteiger partial charge on any atom is 0.291 e. The lowest BCUT2D eigenvalue weighted by atomic mass is 10.3. The molecular formula is C15H14ClNO3. The molecule has 1 aromatic heterocycles. The Balaban J connectivity index is 2.12. The Bertz CT molecular complexity index is 607. The van der Waals surface area contributed by atoms with Gasteiger partial charge in [-0.3, -0.25) is 4.79 Å². The molecule has 1 heterocycles. The summed E-state index contributed by atoms with van der Waals surface area (Å²) < 4.78 is 10.8. The van der Waals surface area contributed by atoms with Crippen molar-refractivity contribution < 1.29 is 13.9 Å². The van der Waals surface area contributed by atoms with E-state index in [4.69, 9.17) is 20.8 Å². The summed E-state index contributed by atoms with van der Waals surface area (Å²) >= 11 is 5.63. The van der Waals surface area contributed by atoms with Crippen molar-refractivity contribution >= 4 is 23.2 Å². The molecule has 5 heteroatoms. The summed E-state index contributed by atoms with van der Waals surface area (Å²) in [5, 5.41) is 2.74. The third-order valence-electron chi connectivity index (χ3n) is 2.51. The fourth-order valence-corrected chi connectivity index (χ4v) is 1.74. The number of carbonyl (C=O) groups is 1. The predicted molar refractivity (Wildman–Crippen MR) is 78.4 cm³/mol. The second-order valence-corrected chi connectivity index (χ2v) is 4.22. The number of carbonyl (C=O) groups excluding carboxylic acids is 1. The number of amides is 1. The molecule has 0 aliphatic carbocycles. The number of alkyl halides is 1. The molecule has 4 nitrogen and oxygen atoms in total. The van der Waals surface area contributed by atoms with Crippen LogP contribution in [0.5, 0.6) is 5.75 Å². The summed E-state index contributed by atoms with van der Waals surface area (Å²) in [7, 11) is 0. The lowest BCUT2D eigenvalue weighted by Gasteiger charge is -2.10. The van der Waals surface area contributed by atoms with Crippen molar-refractivity contribution in [3.8, 4) is 5.75 Å². The van der Waals surface area contributed by atoms with Crippen LogP contribution in [0.1, 0.15) is 16.3 Å². The zero-order chi connectivity index (χ0) is 14.4. The van der Waals surface area contributed by atoms with Gasteiger partial charge >= 0.3 is 0 Å². The molecular weight excluding hydrogens is 278 g/mol. The van der Waals surface area contributed by atoms with Crippen LogP contribution in [0.15, 0.2) is 53.5 Å². The van der Waals surface area contributed by atoms with Gasteiger partial charge in [-0.2, -0.15) is 0 Å². The average Bonchev–Trinajstić information content (AvgIpc) is 2.95. The maximum absolute atomic E-state index is 12.0. The topological polar surface area (TPSA) is 51.5 Å². The Morgan fingerprint density at radius 3 is 2.85 bits per heavy atom. The standard InChI is InChI=1S/C15H14ClNO3/c1-2-9-19-13-6-4-3-5-12(13)17-15(18)14-8-7-11(10-16)20-14/h2-8H,1,9-10H2,(H,17,18). The first kappa shape index (κ1) is 14.2. The highest BCUT2D eigenvalue weighted by atomic mass is 35.5. The van der Waals surface area contributed by atoms with Crippen molar-refractivity contribution in [2.45, 2.75) is 5.88 Å². The summed E-state index contributed by atoms with van der Waals surface area (Å²) in [6.07, 6.45) is 1.64. The van der Waals surface area contributed by atoms with Crippen LogP contribution in [0.2, 0.25) is 0 Å². The Morgan fingerprint density at radius 2 is 2.15 bits per heavy atom. The number of hydrogen-bond acceptors (Lipinski definition) is 3. The minimum absolute atomic E-state index is 0.208. The number of furan rings is 1. The molecule has 20 heavy (non-hydrogen) atoms. The van der Waals surface area contributed by atoms with Crippen molar-refractivity contribution in [1.29, 1.82) is 0 Å². The summed E-state index contributed by atoms with van der Waals surface area (Å²) in [5.74, 6) is 1.21. The number of anilines is 1. The molecule has 104 valence electrons. The quantitative estimate of drug-likeness (QED) is 0.650. The molecule has 0 aliphatic rings. The van der Waals surface area contributed by atoms with Crippen LogP contribution in [0.25, 0.3) is 0 Å². The molecule has 0 unspecified atom stereocenters. The van der Waals surface area contributed by atoms with Gasteiger partial charge in [0.1, 0.15) is 18.1 Å². The minimum atomic E-state index is -0.351. The first-order valence-corrected chi connectivity index (χ1v) is 6.57. The molecule has 0 radical (unpaired) electrons. The van der Waals surface area contributed by atoms with Crippen LogP contribution in [-0.4, -0.2) is 12.5 Å². The van der Waals surface area contributed by atoms with E-state index in [0.717, 1.165) is 0 Å². The summed E-state index contributed by atoms with van der Waals surface area (Å²) in [5.41, 5.74) is 0.572. The van der Waals surface area contributed by atoms with E-state index in [-0.39, 0.29) is 17.5 Å². The molecule has 0 spiro atoms. The SMILES string of the molecule is C=CCOc1ccccc1NC(=O)c1ccc(CCl)o1. The van der Waals surface area contributed by atoms with Crippen LogP contribution in [0.3, 0.4) is 0 Å². The zero-order valence-corrected chi connectivity index (χ0v) is 11.5. The highest BCUT2D eigenvalue weighted by molar-refractivity contribution is 6.16. The third-order valence-corrected chi connectivity index (χ3v) is 2.77. The van der Waals surface area contributed by atoms with Gasteiger partial charge in [-0.25, -0.2) is 0 Å². The third kappa shape index (κ3) is 3.42. The van der Waals surface area contributed by atoms with E-state index in [1.807, 2.05) is 12.1 Å². The van der Waals surface area contributed by atoms with E-state index in [0.29, 0.717) is 23.8 Å². The normalized spacial score (nSPS) is 10.1. The average molecular weight is 292 g/mol. The van der Waals surface area contributed by atoms with Crippen molar-refractivity contribution in [1.82, 2.24) is 0 Å². The summed E-state index contributed by atoms with van der Waals surface area (Å²) in [6.45, 7) is 3.95. The van der Waals surface area contributed by atoms with Crippen LogP contribution in [0, 0.1) is 0 Å². The number of ether oxygens (including phenoxy) is 1. The van der Waals surface area contributed by atoms with Crippen molar-refractivity contribution in [2.24, 2.45) is 0 Å². The van der Waals surface area contributed by atoms with Crippen LogP contribution < -0.4 is 10.1 Å². The van der Waals surface area contributed by atoms with Gasteiger partial charge in [0.2, 0.25) is 0 Å². The first-order valence-electron chi connectivity index (χ1n) is 6.03. The monoisotopic (exact) mass is 291 g/mol. The lowest BCUT2D eigenvalue weighted by molar-refractivity contribution is 0.0995. The number of halogens is 1. The van der Waals surface area contributed by atoms with Crippen LogP contribution in [-0.2, 0) is 5.88 Å². The second-order valence-electron chi connectivity index (χ2n) is 3.95. The van der Waals surface area contributed by atoms with Crippen LogP contribution >= 0.6 is 11.6 Å². The van der Waals surface area contributed by atoms with Gasteiger partial charge in [0.25, 0.3) is 5.91 Å². The number of para-hydroxylation sites is 2. The molecule has 0 fully saturated rings. The molecule has 0 bridgehead atoms. The van der Waals surface area contributed by atoms with Gasteiger partial charge in [-0.15, -0.1) is 11.6 Å². The lowest BCUT2D eigenvalue weighted by Crippen LogP contribution is -2.12. The molecule has 0 saturated heterocycles. The summed E-state index contributed by atoms with van der Waals surface area (Å²) in [4.78, 5) is 12.0. The van der Waals surface area contributed by atoms with E-state index in [1.165, 1.54) is 0 Å². The van der Waals surface area contributed by atoms with Gasteiger partial charge in [0.05, 0.1) is 11.6 Å². The van der Waals surface area contributed by atoms with Gasteiger partial charge in [-0.05, 0) is 24.3 Å². The van der Waals surface area contributed by atoms with E-state index in [9.17, 15) is 4.79 Å². The Hall–Kier alpha value is -2.20. The molecule has 1 amide bonds. The molecule has 1 aromatic carbocycles. The van der Waals surface area contributed by atoms with E-state index >= 15 is 0 Å². The van der Waals surface area contributed by atoms with Crippen molar-refractivity contribution in [2.75, 3.05) is 11.9 Å². The highest BCUT2D eigenvalue weighted by Gasteiger charge is 2.13. The second kappa shape index (κ2) is 6.82. The van der Waals surface area contributed by atoms with Gasteiger partial charge in [-0.1, -0.05) is 24.8 Å². The van der Waals surface area contributed by atoms with Gasteiger partial charge < -0.3 is 14.5 Å². The van der Waals surface area contributed by atoms with E-state index < -0.39 is 0 Å². The van der Waals surface area contributed by atoms with Gasteiger partial charge in [0, 0.05) is 0 Å². The first-order chi connectivity index (χ1) is 9.74. The Kier molecular flexibility index (Phi) is 4.85. The molecule has 2 rings (SSSR count). The largest absolute Gasteiger partial charge is 0.487 e. The van der Waals surface area contributed by atoms with Crippen molar-refractivity contribution in [3.63, 3.8) is 0 Å². The number of rotatable bonds is 6. The fraction of sp³-hybridized carbons (Fsp3) is 0.133. The van der Waals surface area contributed by atoms with Gasteiger partial charge in [0.15, 0.2) is 5.76 Å². The number of nitrogens with one attached hydrogen (secondary N) is 1. The van der Waals surface area contributed by atoms with E-state index in [1.54, 1.807) is 30.3 Å². The fourth-order valence-electron chi connectivity index (χ4n) is 1.60. The Morgan fingerprint density at radius 1 is 1.35 bits per heavy atom. The van der Waals surface area contributed by atoms with Crippen LogP contribution in [0.4, 0.5) is 5.69 Å². The minimum Gasteiger partial charge on any atom is -0.487 e. The molecule has 0 saturated carbocycles. The number of benzene rings is 1. The summed E-state index contributed by atoms with van der Waals surface area (Å²) in [6, 6.07) is 10.4. The maximum atomic E-state index is 12.0. The Labute approximate surface area is 122 Å². The molecule has 0 aliphatic heterocycles. The highest BCUT2D eigenvalue weighted by Crippen LogP contribution is 2.24. The zero-order valence-electron chi connectivity index (χ0n) is 10.8. The molecule has 1 N–H and O–H groups in total.